The van der Waals surface area contributed by atoms with E-state index in [0.717, 1.165) is 11.9 Å². The molecule has 1 rings (SSSR count). The van der Waals surface area contributed by atoms with Crippen molar-refractivity contribution in [2.24, 2.45) is 5.41 Å². The van der Waals surface area contributed by atoms with Crippen molar-refractivity contribution >= 4 is 35.0 Å². The Morgan fingerprint density at radius 1 is 1.21 bits per heavy atom. The Labute approximate surface area is 132 Å². The maximum absolute atomic E-state index is 9.76. The van der Waals surface area contributed by atoms with Crippen LogP contribution in [0.4, 0.5) is 0 Å². The van der Waals surface area contributed by atoms with Crippen LogP contribution in [0, 0.1) is 5.41 Å². The molecule has 0 heterocycles. The second kappa shape index (κ2) is 6.17. The summed E-state index contributed by atoms with van der Waals surface area (Å²) in [6.07, 6.45) is 1.14. The second-order valence-corrected chi connectivity index (χ2v) is 10.1. The Bertz CT molecular complexity index is 415. The smallest absolute Gasteiger partial charge is 0.320 e. The van der Waals surface area contributed by atoms with Crippen LogP contribution in [0.2, 0.25) is 6.82 Å². The van der Waals surface area contributed by atoms with Crippen molar-refractivity contribution in [1.82, 2.24) is 0 Å². The van der Waals surface area contributed by atoms with Crippen LogP contribution < -0.4 is 5.46 Å². The van der Waals surface area contributed by atoms with Gasteiger partial charge in [-0.1, -0.05) is 88.3 Å². The molecule has 3 heteroatoms. The highest BCUT2D eigenvalue weighted by molar-refractivity contribution is 14.1. The van der Waals surface area contributed by atoms with Gasteiger partial charge in [-0.05, 0) is 28.8 Å². The molecule has 19 heavy (non-hydrogen) atoms. The van der Waals surface area contributed by atoms with E-state index in [1.165, 1.54) is 5.56 Å². The highest BCUT2D eigenvalue weighted by atomic mass is 127. The van der Waals surface area contributed by atoms with Crippen molar-refractivity contribution < 1.29 is 5.02 Å². The van der Waals surface area contributed by atoms with E-state index in [4.69, 9.17) is 0 Å². The van der Waals surface area contributed by atoms with Gasteiger partial charge >= 0.3 is 6.92 Å². The summed E-state index contributed by atoms with van der Waals surface area (Å²) in [6.45, 7) is 12.9. The SMILES string of the molecule is CB(O)c1cccc(C(CC(C)(C)I)C(C)(C)C)c1. The lowest BCUT2D eigenvalue weighted by Gasteiger charge is -2.35. The van der Waals surface area contributed by atoms with Gasteiger partial charge in [0.25, 0.3) is 0 Å². The van der Waals surface area contributed by atoms with E-state index in [-0.39, 0.29) is 8.84 Å². The monoisotopic (exact) mass is 372 g/mol. The van der Waals surface area contributed by atoms with E-state index >= 15 is 0 Å². The van der Waals surface area contributed by atoms with E-state index in [1.807, 2.05) is 12.9 Å². The lowest BCUT2D eigenvalue weighted by molar-refractivity contribution is 0.292. The first-order valence-electron chi connectivity index (χ1n) is 6.97. The Hall–Kier alpha value is -0.0251. The van der Waals surface area contributed by atoms with Crippen molar-refractivity contribution in [2.75, 3.05) is 0 Å². The Balaban J connectivity index is 3.15. The third-order valence-electron chi connectivity index (χ3n) is 3.53. The zero-order valence-corrected chi connectivity index (χ0v) is 15.2. The quantitative estimate of drug-likeness (QED) is 0.476. The maximum atomic E-state index is 9.76. The van der Waals surface area contributed by atoms with Gasteiger partial charge in [0.15, 0.2) is 0 Å². The van der Waals surface area contributed by atoms with E-state index in [0.29, 0.717) is 5.92 Å². The molecule has 1 aromatic rings. The fourth-order valence-corrected chi connectivity index (χ4v) is 2.89. The predicted octanol–water partition coefficient (Wildman–Crippen LogP) is 4.24. The Morgan fingerprint density at radius 3 is 2.21 bits per heavy atom. The van der Waals surface area contributed by atoms with Crippen molar-refractivity contribution in [2.45, 2.75) is 57.2 Å². The zero-order valence-electron chi connectivity index (χ0n) is 13.0. The number of benzene rings is 1. The lowest BCUT2D eigenvalue weighted by Crippen LogP contribution is -2.29. The number of hydrogen-bond donors (Lipinski definition) is 1. The summed E-state index contributed by atoms with van der Waals surface area (Å²) in [5.74, 6) is 0.498. The predicted molar refractivity (Wildman–Crippen MR) is 94.8 cm³/mol. The summed E-state index contributed by atoms with van der Waals surface area (Å²) in [4.78, 5) is 0. The zero-order chi connectivity index (χ0) is 14.8. The fraction of sp³-hybridized carbons (Fsp3) is 0.625. The normalized spacial score (nSPS) is 14.3. The van der Waals surface area contributed by atoms with E-state index < -0.39 is 6.92 Å². The molecule has 1 nitrogen and oxygen atoms in total. The summed E-state index contributed by atoms with van der Waals surface area (Å²) >= 11 is 2.53. The fourth-order valence-electron chi connectivity index (χ4n) is 2.45. The van der Waals surface area contributed by atoms with Gasteiger partial charge in [-0.3, -0.25) is 0 Å². The van der Waals surface area contributed by atoms with E-state index in [2.05, 4.69) is 75.4 Å². The highest BCUT2D eigenvalue weighted by Gasteiger charge is 2.31. The summed E-state index contributed by atoms with van der Waals surface area (Å²) < 4.78 is 0.274. The molecule has 0 aliphatic carbocycles. The van der Waals surface area contributed by atoms with Gasteiger partial charge in [-0.25, -0.2) is 0 Å². The van der Waals surface area contributed by atoms with Gasteiger partial charge < -0.3 is 5.02 Å². The van der Waals surface area contributed by atoms with Crippen molar-refractivity contribution in [1.29, 1.82) is 0 Å². The van der Waals surface area contributed by atoms with Crippen LogP contribution in [0.1, 0.15) is 52.5 Å². The molecule has 0 saturated carbocycles. The summed E-state index contributed by atoms with van der Waals surface area (Å²) in [5.41, 5.74) is 2.58. The minimum absolute atomic E-state index is 0.222. The minimum Gasteiger partial charge on any atom is -0.447 e. The molecule has 106 valence electrons. The number of hydrogen-bond acceptors (Lipinski definition) is 1. The second-order valence-electron chi connectivity index (χ2n) is 7.19. The first-order valence-corrected chi connectivity index (χ1v) is 8.05. The number of alkyl halides is 1. The van der Waals surface area contributed by atoms with Crippen molar-refractivity contribution in [3.8, 4) is 0 Å². The van der Waals surface area contributed by atoms with Gasteiger partial charge in [0, 0.05) is 3.42 Å². The van der Waals surface area contributed by atoms with E-state index in [9.17, 15) is 5.02 Å². The maximum Gasteiger partial charge on any atom is 0.320 e. The third-order valence-corrected chi connectivity index (χ3v) is 3.97. The summed E-state index contributed by atoms with van der Waals surface area (Å²) in [7, 11) is 0. The van der Waals surface area contributed by atoms with Crippen LogP contribution in [-0.4, -0.2) is 15.4 Å². The molecule has 0 saturated heterocycles. The van der Waals surface area contributed by atoms with Crippen LogP contribution in [0.3, 0.4) is 0 Å². The largest absolute Gasteiger partial charge is 0.447 e. The topological polar surface area (TPSA) is 20.2 Å². The van der Waals surface area contributed by atoms with Gasteiger partial charge in [0.2, 0.25) is 0 Å². The van der Waals surface area contributed by atoms with Gasteiger partial charge in [0.05, 0.1) is 0 Å². The standard InChI is InChI=1S/C16H26BIO/c1-15(2,3)14(11-16(4,5)18)12-8-7-9-13(10-12)17(6)19/h7-10,14,19H,11H2,1-6H3. The third kappa shape index (κ3) is 5.46. The minimum atomic E-state index is -0.395. The molecule has 0 radical (unpaired) electrons. The number of halogens is 1. The average Bonchev–Trinajstić information content (AvgIpc) is 2.23. The molecule has 0 aliphatic heterocycles. The van der Waals surface area contributed by atoms with Gasteiger partial charge in [0.1, 0.15) is 0 Å². The first kappa shape index (κ1) is 17.0. The highest BCUT2D eigenvalue weighted by Crippen LogP contribution is 2.42. The molecular weight excluding hydrogens is 346 g/mol. The molecule has 0 spiro atoms. The molecule has 0 aliphatic rings. The molecule has 1 N–H and O–H groups in total. The molecule has 0 aromatic heterocycles. The lowest BCUT2D eigenvalue weighted by atomic mass is 9.63. The van der Waals surface area contributed by atoms with Crippen LogP contribution in [0.15, 0.2) is 24.3 Å². The molecule has 1 atom stereocenters. The molecule has 0 amide bonds. The van der Waals surface area contributed by atoms with Crippen molar-refractivity contribution in [3.05, 3.63) is 29.8 Å². The summed E-state index contributed by atoms with van der Waals surface area (Å²) in [5, 5.41) is 9.76. The molecule has 0 fully saturated rings. The molecule has 1 unspecified atom stereocenters. The van der Waals surface area contributed by atoms with Crippen LogP contribution in [0.5, 0.6) is 0 Å². The Kier molecular flexibility index (Phi) is 5.53. The van der Waals surface area contributed by atoms with Crippen LogP contribution in [0.25, 0.3) is 0 Å². The average molecular weight is 372 g/mol. The van der Waals surface area contributed by atoms with Crippen molar-refractivity contribution in [3.63, 3.8) is 0 Å². The Morgan fingerprint density at radius 2 is 1.79 bits per heavy atom. The summed E-state index contributed by atoms with van der Waals surface area (Å²) in [6, 6.07) is 8.44. The van der Waals surface area contributed by atoms with Crippen LogP contribution in [-0.2, 0) is 0 Å². The molecule has 1 aromatic carbocycles. The van der Waals surface area contributed by atoms with Gasteiger partial charge in [-0.2, -0.15) is 0 Å². The van der Waals surface area contributed by atoms with Crippen LogP contribution >= 0.6 is 22.6 Å². The van der Waals surface area contributed by atoms with Gasteiger partial charge in [-0.15, -0.1) is 0 Å². The molecular formula is C16H26BIO. The first-order chi connectivity index (χ1) is 8.50. The van der Waals surface area contributed by atoms with E-state index in [1.54, 1.807) is 0 Å². The number of rotatable bonds is 4. The molecule has 0 bridgehead atoms.